The average molecular weight is 621 g/mol. The molecule has 10 heteroatoms. The molecule has 2 heterocycles. The van der Waals surface area contributed by atoms with E-state index >= 15 is 0 Å². The number of hydrogen-bond donors (Lipinski definition) is 3. The van der Waals surface area contributed by atoms with Gasteiger partial charge in [0, 0.05) is 49.6 Å². The Balaban J connectivity index is 1.41. The van der Waals surface area contributed by atoms with Gasteiger partial charge < -0.3 is 25.8 Å². The van der Waals surface area contributed by atoms with Crippen LogP contribution in [0, 0.1) is 6.57 Å². The molecule has 1 aromatic heterocycles. The van der Waals surface area contributed by atoms with E-state index in [0.29, 0.717) is 17.4 Å². The maximum Gasteiger partial charge on any atom is 0.322 e. The van der Waals surface area contributed by atoms with Crippen molar-refractivity contribution in [3.8, 4) is 0 Å². The van der Waals surface area contributed by atoms with Crippen LogP contribution in [-0.4, -0.2) is 66.6 Å². The molecule has 3 aromatic rings. The molecule has 3 amide bonds. The summed E-state index contributed by atoms with van der Waals surface area (Å²) >= 11 is 0. The smallest absolute Gasteiger partial charge is 0.322 e. The van der Waals surface area contributed by atoms with Gasteiger partial charge in [0.25, 0.3) is 0 Å². The maximum atomic E-state index is 14.2. The van der Waals surface area contributed by atoms with Crippen LogP contribution in [0.25, 0.3) is 4.85 Å². The van der Waals surface area contributed by atoms with E-state index in [2.05, 4.69) is 56.1 Å². The molecule has 2 aliphatic rings. The molecule has 1 saturated heterocycles. The number of carbonyl (C=O) groups is 2. The molecule has 3 N–H and O–H groups in total. The summed E-state index contributed by atoms with van der Waals surface area (Å²) < 4.78 is 0. The van der Waals surface area contributed by atoms with Gasteiger partial charge in [-0.1, -0.05) is 43.0 Å². The predicted molar refractivity (Wildman–Crippen MR) is 186 cm³/mol. The summed E-state index contributed by atoms with van der Waals surface area (Å²) in [6.07, 6.45) is 6.14. The van der Waals surface area contributed by atoms with Crippen molar-refractivity contribution in [2.45, 2.75) is 63.7 Å². The third-order valence-corrected chi connectivity index (χ3v) is 9.15. The highest BCUT2D eigenvalue weighted by atomic mass is 16.2. The highest BCUT2D eigenvalue weighted by Gasteiger charge is 2.32. The van der Waals surface area contributed by atoms with Crippen LogP contribution >= 0.6 is 0 Å². The number of pyridine rings is 1. The van der Waals surface area contributed by atoms with E-state index in [1.165, 1.54) is 6.08 Å². The molecule has 46 heavy (non-hydrogen) atoms. The van der Waals surface area contributed by atoms with E-state index in [9.17, 15) is 9.59 Å². The summed E-state index contributed by atoms with van der Waals surface area (Å²) in [5, 5.41) is 9.76. The first kappa shape index (κ1) is 32.5. The van der Waals surface area contributed by atoms with Crippen molar-refractivity contribution in [2.24, 2.45) is 0 Å². The number of anilines is 4. The summed E-state index contributed by atoms with van der Waals surface area (Å²) in [5.41, 5.74) is 3.87. The summed E-state index contributed by atoms with van der Waals surface area (Å²) in [6.45, 7) is 17.6. The average Bonchev–Trinajstić information content (AvgIpc) is 3.07. The molecule has 2 atom stereocenters. The highest BCUT2D eigenvalue weighted by molar-refractivity contribution is 6.02. The molecular formula is C36H44N8O2. The Morgan fingerprint density at radius 1 is 1.09 bits per heavy atom. The molecule has 0 radical (unpaired) electrons. The second-order valence-electron chi connectivity index (χ2n) is 12.3. The van der Waals surface area contributed by atoms with Gasteiger partial charge in [0.1, 0.15) is 5.82 Å². The van der Waals surface area contributed by atoms with Gasteiger partial charge >= 0.3 is 6.03 Å². The highest BCUT2D eigenvalue weighted by Crippen LogP contribution is 2.36. The first-order valence-corrected chi connectivity index (χ1v) is 16.0. The van der Waals surface area contributed by atoms with Crippen molar-refractivity contribution in [1.82, 2.24) is 15.2 Å². The van der Waals surface area contributed by atoms with E-state index in [4.69, 9.17) is 6.57 Å². The fraction of sp³-hybridized carbons (Fsp3) is 0.389. The van der Waals surface area contributed by atoms with Gasteiger partial charge in [-0.2, -0.15) is 0 Å². The number of piperazine rings is 1. The van der Waals surface area contributed by atoms with Gasteiger partial charge in [0.2, 0.25) is 11.6 Å². The van der Waals surface area contributed by atoms with Gasteiger partial charge in [0.05, 0.1) is 24.0 Å². The minimum absolute atomic E-state index is 0.0454. The van der Waals surface area contributed by atoms with Crippen molar-refractivity contribution >= 4 is 40.5 Å². The Morgan fingerprint density at radius 2 is 1.85 bits per heavy atom. The zero-order chi connectivity index (χ0) is 32.6. The third-order valence-electron chi connectivity index (χ3n) is 9.15. The number of likely N-dealkylation sites (N-methyl/N-ethyl adjacent to an activating group) is 1. The summed E-state index contributed by atoms with van der Waals surface area (Å²) in [6, 6.07) is 19.7. The van der Waals surface area contributed by atoms with Crippen LogP contribution in [-0.2, 0) is 4.79 Å². The predicted octanol–water partition coefficient (Wildman–Crippen LogP) is 6.60. The van der Waals surface area contributed by atoms with Crippen LogP contribution in [0.4, 0.5) is 33.4 Å². The van der Waals surface area contributed by atoms with Crippen molar-refractivity contribution < 1.29 is 9.59 Å². The van der Waals surface area contributed by atoms with E-state index in [-0.39, 0.29) is 30.1 Å². The Hall–Kier alpha value is -4.88. The number of aromatic nitrogens is 1. The molecular weight excluding hydrogens is 576 g/mol. The van der Waals surface area contributed by atoms with Crippen molar-refractivity contribution in [2.75, 3.05) is 47.1 Å². The van der Waals surface area contributed by atoms with E-state index in [1.807, 2.05) is 66.4 Å². The van der Waals surface area contributed by atoms with Crippen molar-refractivity contribution in [3.05, 3.63) is 96.5 Å². The first-order valence-electron chi connectivity index (χ1n) is 16.0. The van der Waals surface area contributed by atoms with Crippen LogP contribution in [0.2, 0.25) is 0 Å². The molecule has 0 bridgehead atoms. The number of carbonyl (C=O) groups excluding carboxylic acids is 2. The number of rotatable bonds is 9. The third kappa shape index (κ3) is 7.85. The van der Waals surface area contributed by atoms with E-state index in [0.717, 1.165) is 68.1 Å². The number of amides is 3. The Bertz CT molecular complexity index is 1550. The fourth-order valence-electron chi connectivity index (χ4n) is 6.30. The molecule has 2 aromatic carbocycles. The number of benzene rings is 2. The molecule has 1 aliphatic heterocycles. The molecule has 0 spiro atoms. The fourth-order valence-corrected chi connectivity index (χ4v) is 6.30. The number of nitrogens with zero attached hydrogens (tertiary/aromatic N) is 5. The largest absolute Gasteiger partial charge is 0.367 e. The minimum atomic E-state index is -0.293. The molecule has 240 valence electrons. The summed E-state index contributed by atoms with van der Waals surface area (Å²) in [4.78, 5) is 41.1. The van der Waals surface area contributed by atoms with Crippen LogP contribution in [0.15, 0.2) is 79.5 Å². The standard InChI is InChI=1S/C36H44N8O2/c1-6-35(45)41-32-22-31(17-18-33(32)43-21-20-42(5)25(2)24-43)44(36(46)39-26(3)27-10-8-7-9-11-27)30-15-12-28(13-16-30)40-34-19-14-29(37-4)23-38-34/h6-11,14,17-19,22-23,25-26,28,30H,1,12-13,15-16,20-21,24H2,2-3,5H3,(H,38,40)(H,39,46)(H,41,45)/t25-,26-,28?,30?/m0/s1. The lowest BCUT2D eigenvalue weighted by atomic mass is 9.89. The SMILES string of the molecule is [C-]#[N+]c1ccc(NC2CCC(N(C(=O)N[C@@H](C)c3ccccc3)c3ccc(N4CCN(C)[C@@H](C)C4)c(NC(=O)C=C)c3)CC2)nc1. The number of nitrogens with one attached hydrogen (secondary N) is 3. The zero-order valence-electron chi connectivity index (χ0n) is 26.9. The van der Waals surface area contributed by atoms with Crippen LogP contribution < -0.4 is 25.8 Å². The van der Waals surface area contributed by atoms with E-state index in [1.54, 1.807) is 12.3 Å². The lowest BCUT2D eigenvalue weighted by Gasteiger charge is -2.40. The summed E-state index contributed by atoms with van der Waals surface area (Å²) in [7, 11) is 2.13. The molecule has 2 fully saturated rings. The molecule has 0 unspecified atom stereocenters. The lowest BCUT2D eigenvalue weighted by Crippen LogP contribution is -2.50. The van der Waals surface area contributed by atoms with Crippen LogP contribution in [0.5, 0.6) is 0 Å². The first-order chi connectivity index (χ1) is 22.2. The Labute approximate surface area is 272 Å². The van der Waals surface area contributed by atoms with Crippen LogP contribution in [0.3, 0.4) is 0 Å². The quantitative estimate of drug-likeness (QED) is 0.184. The second-order valence-corrected chi connectivity index (χ2v) is 12.3. The molecule has 10 nitrogen and oxygen atoms in total. The topological polar surface area (TPSA) is 97.2 Å². The van der Waals surface area contributed by atoms with E-state index < -0.39 is 0 Å². The normalized spacial score (nSPS) is 20.6. The van der Waals surface area contributed by atoms with Gasteiger partial charge in [-0.25, -0.2) is 9.64 Å². The maximum absolute atomic E-state index is 14.2. The van der Waals surface area contributed by atoms with Crippen LogP contribution in [0.1, 0.15) is 51.1 Å². The van der Waals surface area contributed by atoms with Crippen molar-refractivity contribution in [1.29, 1.82) is 0 Å². The Morgan fingerprint density at radius 3 is 2.50 bits per heavy atom. The minimum Gasteiger partial charge on any atom is -0.367 e. The monoisotopic (exact) mass is 620 g/mol. The molecule has 5 rings (SSSR count). The lowest BCUT2D eigenvalue weighted by molar-refractivity contribution is -0.111. The van der Waals surface area contributed by atoms with Gasteiger partial charge in [-0.15, -0.1) is 0 Å². The van der Waals surface area contributed by atoms with Gasteiger partial charge in [0.15, 0.2) is 0 Å². The second kappa shape index (κ2) is 14.9. The van der Waals surface area contributed by atoms with Crippen molar-refractivity contribution in [3.63, 3.8) is 0 Å². The Kier molecular flexibility index (Phi) is 10.6. The molecule has 1 aliphatic carbocycles. The number of hydrogen-bond acceptors (Lipinski definition) is 6. The van der Waals surface area contributed by atoms with Gasteiger partial charge in [-0.3, -0.25) is 14.7 Å². The van der Waals surface area contributed by atoms with Gasteiger partial charge in [-0.05, 0) is 82.5 Å². The zero-order valence-corrected chi connectivity index (χ0v) is 26.9. The number of urea groups is 1. The summed E-state index contributed by atoms with van der Waals surface area (Å²) in [5.74, 6) is 0.456. The molecule has 1 saturated carbocycles.